The number of nitrogens with one attached hydrogen (secondary N) is 1. The van der Waals surface area contributed by atoms with E-state index >= 15 is 0 Å². The molecule has 0 aliphatic rings. The van der Waals surface area contributed by atoms with Gasteiger partial charge >= 0.3 is 0 Å². The lowest BCUT2D eigenvalue weighted by molar-refractivity contribution is 0.382. The lowest BCUT2D eigenvalue weighted by atomic mass is 10.2. The second-order valence-electron chi connectivity index (χ2n) is 3.97. The molecule has 0 saturated heterocycles. The topological polar surface area (TPSA) is 38.0 Å². The molecular weight excluding hydrogens is 279 g/mol. The molecule has 2 rings (SSSR count). The minimum absolute atomic E-state index is 0.163. The first-order chi connectivity index (χ1) is 9.45. The molecule has 0 aromatic heterocycles. The van der Waals surface area contributed by atoms with E-state index in [1.165, 1.54) is 18.2 Å². The number of hydrogen-bond acceptors (Lipinski definition) is 2. The molecule has 20 heavy (non-hydrogen) atoms. The fourth-order valence-corrected chi connectivity index (χ4v) is 1.64. The lowest BCUT2D eigenvalue weighted by Crippen LogP contribution is -2.07. The molecule has 0 heterocycles. The van der Waals surface area contributed by atoms with E-state index in [-0.39, 0.29) is 12.2 Å². The van der Waals surface area contributed by atoms with Gasteiger partial charge in [-0.1, -0.05) is 12.1 Å². The third-order valence-electron chi connectivity index (χ3n) is 2.64. The predicted molar refractivity (Wildman–Crippen MR) is 63.8 cm³/mol. The van der Waals surface area contributed by atoms with Gasteiger partial charge in [-0.2, -0.15) is 0 Å². The van der Waals surface area contributed by atoms with Gasteiger partial charge in [-0.05, 0) is 17.7 Å². The van der Waals surface area contributed by atoms with Gasteiger partial charge in [0, 0.05) is 12.2 Å². The van der Waals surface area contributed by atoms with Gasteiger partial charge < -0.3 is 11.1 Å². The van der Waals surface area contributed by atoms with E-state index in [1.807, 2.05) is 0 Å². The zero-order valence-corrected chi connectivity index (χ0v) is 9.98. The zero-order chi connectivity index (χ0) is 14.9. The largest absolute Gasteiger partial charge is 0.351 e. The van der Waals surface area contributed by atoms with Gasteiger partial charge in [0.2, 0.25) is 5.82 Å². The van der Waals surface area contributed by atoms with Gasteiger partial charge in [0.15, 0.2) is 23.3 Å². The summed E-state index contributed by atoms with van der Waals surface area (Å²) >= 11 is 0. The summed E-state index contributed by atoms with van der Waals surface area (Å²) in [6.07, 6.45) is 0. The number of anilines is 2. The summed E-state index contributed by atoms with van der Waals surface area (Å²) in [6, 6.07) is 6.05. The Bertz CT molecular complexity index is 628. The molecule has 2 aromatic carbocycles. The van der Waals surface area contributed by atoms with Crippen molar-refractivity contribution in [2.24, 2.45) is 5.73 Å². The highest BCUT2D eigenvalue weighted by atomic mass is 19.2. The number of halogens is 5. The van der Waals surface area contributed by atoms with Crippen LogP contribution < -0.4 is 11.1 Å². The van der Waals surface area contributed by atoms with Crippen molar-refractivity contribution in [1.82, 2.24) is 0 Å². The van der Waals surface area contributed by atoms with Crippen LogP contribution in [0.25, 0.3) is 0 Å². The summed E-state index contributed by atoms with van der Waals surface area (Å²) < 4.78 is 65.9. The molecule has 0 spiro atoms. The first kappa shape index (κ1) is 14.3. The van der Waals surface area contributed by atoms with Crippen LogP contribution in [0.2, 0.25) is 0 Å². The minimum atomic E-state index is -2.19. The first-order valence-electron chi connectivity index (χ1n) is 5.53. The molecule has 3 N–H and O–H groups in total. The quantitative estimate of drug-likeness (QED) is 0.514. The van der Waals surface area contributed by atoms with Crippen molar-refractivity contribution >= 4 is 11.4 Å². The molecule has 0 fully saturated rings. The molecule has 0 aliphatic carbocycles. The van der Waals surface area contributed by atoms with Crippen LogP contribution in [0.4, 0.5) is 33.3 Å². The molecule has 0 bridgehead atoms. The maximum absolute atomic E-state index is 13.5. The van der Waals surface area contributed by atoms with Crippen LogP contribution in [0.1, 0.15) is 5.56 Å². The number of rotatable bonds is 3. The van der Waals surface area contributed by atoms with E-state index in [1.54, 1.807) is 6.07 Å². The summed E-state index contributed by atoms with van der Waals surface area (Å²) in [5, 5.41) is 2.17. The molecule has 106 valence electrons. The third-order valence-corrected chi connectivity index (χ3v) is 2.64. The summed E-state index contributed by atoms with van der Waals surface area (Å²) in [5.74, 6) is -10.0. The summed E-state index contributed by atoms with van der Waals surface area (Å²) in [5.41, 5.74) is 5.09. The summed E-state index contributed by atoms with van der Waals surface area (Å²) in [7, 11) is 0. The summed E-state index contributed by atoms with van der Waals surface area (Å²) in [4.78, 5) is 0. The van der Waals surface area contributed by atoms with E-state index in [4.69, 9.17) is 5.73 Å². The normalized spacial score (nSPS) is 10.7. The van der Waals surface area contributed by atoms with Gasteiger partial charge in [0.05, 0.1) is 0 Å². The van der Waals surface area contributed by atoms with E-state index in [2.05, 4.69) is 5.32 Å². The highest BCUT2D eigenvalue weighted by molar-refractivity contribution is 5.62. The Morgan fingerprint density at radius 2 is 1.40 bits per heavy atom. The highest BCUT2D eigenvalue weighted by Crippen LogP contribution is 2.29. The Morgan fingerprint density at radius 3 is 1.95 bits per heavy atom. The molecule has 0 atom stereocenters. The zero-order valence-electron chi connectivity index (χ0n) is 9.98. The van der Waals surface area contributed by atoms with Gasteiger partial charge in [0.1, 0.15) is 5.69 Å². The Labute approximate surface area is 111 Å². The Kier molecular flexibility index (Phi) is 3.89. The van der Waals surface area contributed by atoms with Crippen LogP contribution in [0.5, 0.6) is 0 Å². The average Bonchev–Trinajstić information content (AvgIpc) is 2.48. The standard InChI is InChI=1S/C13H9F5N2/c14-8-9(15)11(17)13(12(18)10(8)16)20-7-3-1-2-6(4-7)5-19/h1-4,20H,5,19H2. The van der Waals surface area contributed by atoms with E-state index in [0.717, 1.165) is 0 Å². The van der Waals surface area contributed by atoms with Gasteiger partial charge in [-0.3, -0.25) is 0 Å². The fourth-order valence-electron chi connectivity index (χ4n) is 1.64. The molecule has 7 heteroatoms. The second-order valence-corrected chi connectivity index (χ2v) is 3.97. The second kappa shape index (κ2) is 5.46. The van der Waals surface area contributed by atoms with Crippen LogP contribution in [0, 0.1) is 29.1 Å². The van der Waals surface area contributed by atoms with Crippen LogP contribution in [-0.2, 0) is 6.54 Å². The SMILES string of the molecule is NCc1cccc(Nc2c(F)c(F)c(F)c(F)c2F)c1. The number of nitrogens with two attached hydrogens (primary N) is 1. The Balaban J connectivity index is 2.48. The van der Waals surface area contributed by atoms with Crippen LogP contribution in [0.3, 0.4) is 0 Å². The summed E-state index contributed by atoms with van der Waals surface area (Å²) in [6.45, 7) is 0.173. The van der Waals surface area contributed by atoms with Crippen LogP contribution in [-0.4, -0.2) is 0 Å². The number of benzene rings is 2. The lowest BCUT2D eigenvalue weighted by Gasteiger charge is -2.11. The van der Waals surface area contributed by atoms with Crippen LogP contribution >= 0.6 is 0 Å². The molecular formula is C13H9F5N2. The van der Waals surface area contributed by atoms with Gasteiger partial charge in [-0.25, -0.2) is 22.0 Å². The van der Waals surface area contributed by atoms with Crippen molar-refractivity contribution in [3.8, 4) is 0 Å². The van der Waals surface area contributed by atoms with E-state index < -0.39 is 34.8 Å². The molecule has 2 nitrogen and oxygen atoms in total. The molecule has 2 aromatic rings. The predicted octanol–water partition coefficient (Wildman–Crippen LogP) is 3.58. The maximum Gasteiger partial charge on any atom is 0.200 e. The van der Waals surface area contributed by atoms with Crippen molar-refractivity contribution in [3.63, 3.8) is 0 Å². The molecule has 0 radical (unpaired) electrons. The minimum Gasteiger partial charge on any atom is -0.351 e. The highest BCUT2D eigenvalue weighted by Gasteiger charge is 2.25. The molecule has 0 aliphatic heterocycles. The van der Waals surface area contributed by atoms with Crippen molar-refractivity contribution in [3.05, 3.63) is 58.9 Å². The average molecular weight is 288 g/mol. The molecule has 0 unspecified atom stereocenters. The first-order valence-corrected chi connectivity index (χ1v) is 5.53. The smallest absolute Gasteiger partial charge is 0.200 e. The van der Waals surface area contributed by atoms with Crippen molar-refractivity contribution < 1.29 is 22.0 Å². The van der Waals surface area contributed by atoms with Gasteiger partial charge in [-0.15, -0.1) is 0 Å². The Hall–Kier alpha value is -2.15. The maximum atomic E-state index is 13.5. The fraction of sp³-hybridized carbons (Fsp3) is 0.0769. The van der Waals surface area contributed by atoms with Gasteiger partial charge in [0.25, 0.3) is 0 Å². The van der Waals surface area contributed by atoms with Crippen molar-refractivity contribution in [2.75, 3.05) is 5.32 Å². The van der Waals surface area contributed by atoms with Crippen LogP contribution in [0.15, 0.2) is 24.3 Å². The van der Waals surface area contributed by atoms with E-state index in [0.29, 0.717) is 5.56 Å². The van der Waals surface area contributed by atoms with E-state index in [9.17, 15) is 22.0 Å². The third kappa shape index (κ3) is 2.44. The Morgan fingerprint density at radius 1 is 0.850 bits per heavy atom. The molecule has 0 saturated carbocycles. The molecule has 0 amide bonds. The van der Waals surface area contributed by atoms with Crippen molar-refractivity contribution in [2.45, 2.75) is 6.54 Å². The van der Waals surface area contributed by atoms with Crippen molar-refractivity contribution in [1.29, 1.82) is 0 Å². The monoisotopic (exact) mass is 288 g/mol. The number of hydrogen-bond donors (Lipinski definition) is 2.